The number of allylic oxidation sites excluding steroid dienone is 2. The molecule has 0 atom stereocenters. The fraction of sp³-hybridized carbons (Fsp3) is 0.250. The molecule has 5 heteroatoms. The maximum Gasteiger partial charge on any atom is 0.328 e. The van der Waals surface area contributed by atoms with Gasteiger partial charge in [0.1, 0.15) is 0 Å². The molecule has 0 aliphatic rings. The standard InChI is InChI=1S/C8H9BrN2O2/c1-2-3-4-11-5-6(9)7(12)10-8(11)13/h2-3,5H,4H2,1H3,(H,10,12,13). The lowest BCUT2D eigenvalue weighted by molar-refractivity contribution is 0.730. The van der Waals surface area contributed by atoms with Crippen LogP contribution in [0.2, 0.25) is 0 Å². The average Bonchev–Trinajstić information content (AvgIpc) is 2.09. The summed E-state index contributed by atoms with van der Waals surface area (Å²) in [5.41, 5.74) is -0.798. The van der Waals surface area contributed by atoms with Crippen molar-refractivity contribution < 1.29 is 0 Å². The molecule has 0 aliphatic heterocycles. The Morgan fingerprint density at radius 2 is 2.31 bits per heavy atom. The maximum absolute atomic E-state index is 11.2. The monoisotopic (exact) mass is 244 g/mol. The molecule has 0 saturated heterocycles. The van der Waals surface area contributed by atoms with Gasteiger partial charge in [0.15, 0.2) is 0 Å². The lowest BCUT2D eigenvalue weighted by Gasteiger charge is -2.00. The van der Waals surface area contributed by atoms with Crippen molar-refractivity contribution in [3.8, 4) is 0 Å². The maximum atomic E-state index is 11.2. The zero-order valence-electron chi connectivity index (χ0n) is 7.08. The van der Waals surface area contributed by atoms with Crippen LogP contribution in [0, 0.1) is 0 Å². The Morgan fingerprint density at radius 1 is 1.62 bits per heavy atom. The molecule has 0 bridgehead atoms. The van der Waals surface area contributed by atoms with Crippen LogP contribution in [0.4, 0.5) is 0 Å². The predicted molar refractivity (Wildman–Crippen MR) is 53.8 cm³/mol. The lowest BCUT2D eigenvalue weighted by Crippen LogP contribution is -2.29. The molecule has 0 aromatic carbocycles. The summed E-state index contributed by atoms with van der Waals surface area (Å²) in [4.78, 5) is 24.3. The van der Waals surface area contributed by atoms with Crippen LogP contribution < -0.4 is 11.2 Å². The van der Waals surface area contributed by atoms with Crippen LogP contribution >= 0.6 is 15.9 Å². The van der Waals surface area contributed by atoms with Crippen molar-refractivity contribution in [3.05, 3.63) is 43.7 Å². The average molecular weight is 245 g/mol. The first kappa shape index (κ1) is 9.98. The summed E-state index contributed by atoms with van der Waals surface area (Å²) in [6, 6.07) is 0. The van der Waals surface area contributed by atoms with E-state index in [1.54, 1.807) is 0 Å². The van der Waals surface area contributed by atoms with Crippen LogP contribution in [0.5, 0.6) is 0 Å². The molecule has 0 fully saturated rings. The number of rotatable bonds is 2. The molecule has 1 heterocycles. The van der Waals surface area contributed by atoms with Crippen LogP contribution in [0.15, 0.2) is 32.4 Å². The summed E-state index contributed by atoms with van der Waals surface area (Å²) in [5, 5.41) is 0. The minimum Gasteiger partial charge on any atom is -0.296 e. The van der Waals surface area contributed by atoms with Gasteiger partial charge in [-0.15, -0.1) is 0 Å². The van der Waals surface area contributed by atoms with E-state index >= 15 is 0 Å². The smallest absolute Gasteiger partial charge is 0.296 e. The second kappa shape index (κ2) is 4.23. The van der Waals surface area contributed by atoms with E-state index in [0.717, 1.165) is 0 Å². The van der Waals surface area contributed by atoms with Crippen LogP contribution in [-0.4, -0.2) is 9.55 Å². The molecule has 1 aromatic heterocycles. The van der Waals surface area contributed by atoms with Crippen LogP contribution in [-0.2, 0) is 6.54 Å². The molecule has 0 aliphatic carbocycles. The van der Waals surface area contributed by atoms with Gasteiger partial charge in [-0.2, -0.15) is 0 Å². The Hall–Kier alpha value is -1.10. The molecule has 70 valence electrons. The number of hydrogen-bond acceptors (Lipinski definition) is 2. The number of H-pyrrole nitrogens is 1. The van der Waals surface area contributed by atoms with Crippen molar-refractivity contribution >= 4 is 15.9 Å². The van der Waals surface area contributed by atoms with E-state index in [0.29, 0.717) is 11.0 Å². The van der Waals surface area contributed by atoms with E-state index in [1.807, 2.05) is 19.1 Å². The molecule has 13 heavy (non-hydrogen) atoms. The largest absolute Gasteiger partial charge is 0.328 e. The Kier molecular flexibility index (Phi) is 3.25. The number of aromatic nitrogens is 2. The topological polar surface area (TPSA) is 54.9 Å². The predicted octanol–water partition coefficient (Wildman–Crippen LogP) is 0.875. The second-order valence-electron chi connectivity index (χ2n) is 2.46. The summed E-state index contributed by atoms with van der Waals surface area (Å²) >= 11 is 3.04. The molecule has 0 unspecified atom stereocenters. The van der Waals surface area contributed by atoms with Crippen molar-refractivity contribution in [1.82, 2.24) is 9.55 Å². The normalized spacial score (nSPS) is 10.9. The molecule has 0 spiro atoms. The highest BCUT2D eigenvalue weighted by atomic mass is 79.9. The van der Waals surface area contributed by atoms with E-state index in [9.17, 15) is 9.59 Å². The van der Waals surface area contributed by atoms with Gasteiger partial charge in [0.2, 0.25) is 0 Å². The molecule has 0 radical (unpaired) electrons. The van der Waals surface area contributed by atoms with E-state index in [1.165, 1.54) is 10.8 Å². The number of hydrogen-bond donors (Lipinski definition) is 1. The van der Waals surface area contributed by atoms with Gasteiger partial charge in [0.25, 0.3) is 5.56 Å². The Morgan fingerprint density at radius 3 is 2.92 bits per heavy atom. The van der Waals surface area contributed by atoms with Gasteiger partial charge < -0.3 is 0 Å². The Labute approximate surface area is 83.0 Å². The molecule has 4 nitrogen and oxygen atoms in total. The highest BCUT2D eigenvalue weighted by molar-refractivity contribution is 9.10. The number of nitrogens with zero attached hydrogens (tertiary/aromatic N) is 1. The first-order valence-electron chi connectivity index (χ1n) is 3.75. The number of halogens is 1. The first-order valence-corrected chi connectivity index (χ1v) is 4.55. The molecule has 1 rings (SSSR count). The molecule has 1 aromatic rings. The molecule has 1 N–H and O–H groups in total. The van der Waals surface area contributed by atoms with E-state index in [2.05, 4.69) is 20.9 Å². The van der Waals surface area contributed by atoms with Gasteiger partial charge in [-0.3, -0.25) is 14.3 Å². The highest BCUT2D eigenvalue weighted by Crippen LogP contribution is 1.97. The fourth-order valence-corrected chi connectivity index (χ4v) is 1.18. The zero-order valence-corrected chi connectivity index (χ0v) is 8.67. The summed E-state index contributed by atoms with van der Waals surface area (Å²) < 4.78 is 1.77. The third-order valence-corrected chi connectivity index (χ3v) is 2.07. The molecular weight excluding hydrogens is 236 g/mol. The molecule has 0 saturated carbocycles. The van der Waals surface area contributed by atoms with Crippen LogP contribution in [0.1, 0.15) is 6.92 Å². The Bertz CT molecular complexity index is 431. The van der Waals surface area contributed by atoms with Crippen molar-refractivity contribution in [1.29, 1.82) is 0 Å². The van der Waals surface area contributed by atoms with E-state index in [-0.39, 0.29) is 0 Å². The Balaban J connectivity index is 3.16. The quantitative estimate of drug-likeness (QED) is 0.786. The van der Waals surface area contributed by atoms with Gasteiger partial charge in [-0.25, -0.2) is 4.79 Å². The van der Waals surface area contributed by atoms with E-state index in [4.69, 9.17) is 0 Å². The van der Waals surface area contributed by atoms with Crippen LogP contribution in [0.25, 0.3) is 0 Å². The summed E-state index contributed by atoms with van der Waals surface area (Å²) in [5.74, 6) is 0. The summed E-state index contributed by atoms with van der Waals surface area (Å²) in [7, 11) is 0. The summed E-state index contributed by atoms with van der Waals surface area (Å²) in [6.45, 7) is 2.33. The van der Waals surface area contributed by atoms with E-state index < -0.39 is 11.2 Å². The van der Waals surface area contributed by atoms with Crippen LogP contribution in [0.3, 0.4) is 0 Å². The third-order valence-electron chi connectivity index (χ3n) is 1.51. The van der Waals surface area contributed by atoms with Gasteiger partial charge in [0.05, 0.1) is 4.47 Å². The zero-order chi connectivity index (χ0) is 9.84. The van der Waals surface area contributed by atoms with Gasteiger partial charge >= 0.3 is 5.69 Å². The fourth-order valence-electron chi connectivity index (χ4n) is 0.837. The van der Waals surface area contributed by atoms with Crippen molar-refractivity contribution in [3.63, 3.8) is 0 Å². The van der Waals surface area contributed by atoms with Crippen molar-refractivity contribution in [2.75, 3.05) is 0 Å². The molecular formula is C8H9BrN2O2. The highest BCUT2D eigenvalue weighted by Gasteiger charge is 1.98. The minimum atomic E-state index is -0.401. The van der Waals surface area contributed by atoms with Gasteiger partial charge in [0, 0.05) is 12.7 Å². The van der Waals surface area contributed by atoms with Gasteiger partial charge in [-0.1, -0.05) is 12.2 Å². The van der Waals surface area contributed by atoms with Crippen molar-refractivity contribution in [2.24, 2.45) is 0 Å². The summed E-state index contributed by atoms with van der Waals surface area (Å²) in [6.07, 6.45) is 5.14. The SMILES string of the molecule is CC=CCn1cc(Br)c(=O)[nH]c1=O. The number of nitrogens with one attached hydrogen (secondary N) is 1. The van der Waals surface area contributed by atoms with Gasteiger partial charge in [-0.05, 0) is 22.9 Å². The second-order valence-corrected chi connectivity index (χ2v) is 3.31. The minimum absolute atomic E-state index is 0.358. The van der Waals surface area contributed by atoms with Crippen molar-refractivity contribution in [2.45, 2.75) is 13.5 Å². The first-order chi connectivity index (χ1) is 6.15. The molecule has 0 amide bonds. The third kappa shape index (κ3) is 2.42. The lowest BCUT2D eigenvalue weighted by atomic mass is 10.5. The number of aromatic amines is 1.